The van der Waals surface area contributed by atoms with Gasteiger partial charge in [-0.1, -0.05) is 25.3 Å². The molecule has 1 saturated carbocycles. The zero-order chi connectivity index (χ0) is 11.8. The molecule has 16 heavy (non-hydrogen) atoms. The number of hydrogen-bond acceptors (Lipinski definition) is 2. The Kier molecular flexibility index (Phi) is 2.74. The maximum atomic E-state index is 12.3. The topological polar surface area (TPSA) is 40.6 Å². The van der Waals surface area contributed by atoms with Crippen LogP contribution in [0, 0.1) is 0 Å². The molecule has 0 atom stereocenters. The third-order valence-corrected chi connectivity index (χ3v) is 3.80. The first-order valence-corrected chi connectivity index (χ1v) is 5.84. The van der Waals surface area contributed by atoms with E-state index >= 15 is 0 Å². The Morgan fingerprint density at radius 3 is 2.50 bits per heavy atom. The molecule has 0 aromatic carbocycles. The van der Waals surface area contributed by atoms with Crippen LogP contribution in [0.2, 0.25) is 0 Å². The normalized spacial score (nSPS) is 24.3. The van der Waals surface area contributed by atoms with E-state index in [9.17, 15) is 9.59 Å². The monoisotopic (exact) mass is 222 g/mol. The number of likely N-dealkylation sites (N-methyl/N-ethyl adjacent to an activating group) is 1. The molecule has 88 valence electrons. The lowest BCUT2D eigenvalue weighted by Crippen LogP contribution is -2.49. The zero-order valence-corrected chi connectivity index (χ0v) is 9.74. The van der Waals surface area contributed by atoms with Crippen LogP contribution in [0.25, 0.3) is 0 Å². The lowest BCUT2D eigenvalue weighted by Gasteiger charge is -2.35. The quantitative estimate of drug-likeness (QED) is 0.527. The Hall–Kier alpha value is -1.32. The number of hydrogen-bond donors (Lipinski definition) is 0. The highest BCUT2D eigenvalue weighted by atomic mass is 16.2. The van der Waals surface area contributed by atoms with Crippen LogP contribution in [0.3, 0.4) is 0 Å². The summed E-state index contributed by atoms with van der Waals surface area (Å²) in [5, 5.41) is 0. The Bertz CT molecular complexity index is 332. The summed E-state index contributed by atoms with van der Waals surface area (Å²) in [6, 6.07) is -0.174. The van der Waals surface area contributed by atoms with Crippen molar-refractivity contribution in [1.29, 1.82) is 0 Å². The minimum Gasteiger partial charge on any atom is -0.313 e. The summed E-state index contributed by atoms with van der Waals surface area (Å²) in [6.07, 6.45) is 6.45. The third kappa shape index (κ3) is 1.36. The summed E-state index contributed by atoms with van der Waals surface area (Å²) >= 11 is 0. The molecule has 1 aliphatic heterocycles. The number of urea groups is 1. The fraction of sp³-hybridized carbons (Fsp3) is 0.667. The van der Waals surface area contributed by atoms with Crippen molar-refractivity contribution in [2.45, 2.75) is 37.6 Å². The molecule has 2 fully saturated rings. The Labute approximate surface area is 95.9 Å². The second-order valence-electron chi connectivity index (χ2n) is 4.64. The Morgan fingerprint density at radius 1 is 1.31 bits per heavy atom. The number of amides is 3. The summed E-state index contributed by atoms with van der Waals surface area (Å²) in [5.41, 5.74) is -0.543. The number of imide groups is 1. The van der Waals surface area contributed by atoms with Crippen LogP contribution in [-0.2, 0) is 4.79 Å². The van der Waals surface area contributed by atoms with Crippen molar-refractivity contribution in [3.63, 3.8) is 0 Å². The van der Waals surface area contributed by atoms with Crippen molar-refractivity contribution < 1.29 is 9.59 Å². The van der Waals surface area contributed by atoms with Gasteiger partial charge in [0.15, 0.2) is 0 Å². The van der Waals surface area contributed by atoms with E-state index in [0.717, 1.165) is 25.7 Å². The highest BCUT2D eigenvalue weighted by Crippen LogP contribution is 2.39. The molecule has 0 bridgehead atoms. The van der Waals surface area contributed by atoms with E-state index in [4.69, 9.17) is 0 Å². The largest absolute Gasteiger partial charge is 0.327 e. The Balaban J connectivity index is 2.29. The number of rotatable bonds is 2. The van der Waals surface area contributed by atoms with Gasteiger partial charge in [0.25, 0.3) is 5.91 Å². The molecule has 0 N–H and O–H groups in total. The van der Waals surface area contributed by atoms with E-state index in [0.29, 0.717) is 6.54 Å². The van der Waals surface area contributed by atoms with Gasteiger partial charge in [-0.25, -0.2) is 4.79 Å². The third-order valence-electron chi connectivity index (χ3n) is 3.80. The van der Waals surface area contributed by atoms with Crippen LogP contribution < -0.4 is 0 Å². The fourth-order valence-corrected chi connectivity index (χ4v) is 2.82. The van der Waals surface area contributed by atoms with Gasteiger partial charge < -0.3 is 4.90 Å². The van der Waals surface area contributed by atoms with Crippen LogP contribution >= 0.6 is 0 Å². The summed E-state index contributed by atoms with van der Waals surface area (Å²) in [5.74, 6) is -0.0281. The van der Waals surface area contributed by atoms with Gasteiger partial charge in [0, 0.05) is 13.6 Å². The molecule has 1 spiro atoms. The van der Waals surface area contributed by atoms with Gasteiger partial charge in [0.2, 0.25) is 0 Å². The summed E-state index contributed by atoms with van der Waals surface area (Å²) in [6.45, 7) is 3.91. The minimum atomic E-state index is -0.543. The molecule has 4 nitrogen and oxygen atoms in total. The smallest absolute Gasteiger partial charge is 0.313 e. The molecule has 0 radical (unpaired) electrons. The first kappa shape index (κ1) is 11.2. The average molecular weight is 222 g/mol. The molecule has 1 aliphatic carbocycles. The van der Waals surface area contributed by atoms with Crippen LogP contribution in [0.4, 0.5) is 4.79 Å². The number of carbonyl (C=O) groups is 2. The highest BCUT2D eigenvalue weighted by Gasteiger charge is 2.55. The van der Waals surface area contributed by atoms with Crippen molar-refractivity contribution in [2.75, 3.05) is 13.6 Å². The van der Waals surface area contributed by atoms with Crippen LogP contribution in [0.1, 0.15) is 32.1 Å². The van der Waals surface area contributed by atoms with E-state index in [-0.39, 0.29) is 11.9 Å². The molecule has 2 rings (SSSR count). The molecule has 3 amide bonds. The van der Waals surface area contributed by atoms with E-state index < -0.39 is 5.54 Å². The molecule has 0 unspecified atom stereocenters. The van der Waals surface area contributed by atoms with Crippen molar-refractivity contribution in [3.8, 4) is 0 Å². The minimum absolute atomic E-state index is 0.0281. The zero-order valence-electron chi connectivity index (χ0n) is 9.74. The highest BCUT2D eigenvalue weighted by molar-refractivity contribution is 6.07. The fourth-order valence-electron chi connectivity index (χ4n) is 2.82. The lowest BCUT2D eigenvalue weighted by molar-refractivity contribution is -0.134. The average Bonchev–Trinajstić information content (AvgIpc) is 2.47. The van der Waals surface area contributed by atoms with Gasteiger partial charge in [-0.05, 0) is 12.8 Å². The van der Waals surface area contributed by atoms with Gasteiger partial charge in [0.1, 0.15) is 5.54 Å². The molecule has 1 heterocycles. The van der Waals surface area contributed by atoms with Crippen molar-refractivity contribution in [1.82, 2.24) is 9.80 Å². The van der Waals surface area contributed by atoms with Crippen LogP contribution in [-0.4, -0.2) is 40.9 Å². The molecule has 0 aromatic rings. The summed E-state index contributed by atoms with van der Waals surface area (Å²) in [4.78, 5) is 27.2. The van der Waals surface area contributed by atoms with Gasteiger partial charge in [-0.3, -0.25) is 9.69 Å². The summed E-state index contributed by atoms with van der Waals surface area (Å²) in [7, 11) is 1.74. The van der Waals surface area contributed by atoms with E-state index in [1.807, 2.05) is 0 Å². The van der Waals surface area contributed by atoms with Crippen LogP contribution in [0.5, 0.6) is 0 Å². The molecule has 0 aromatic heterocycles. The summed E-state index contributed by atoms with van der Waals surface area (Å²) < 4.78 is 0. The second kappa shape index (κ2) is 3.92. The van der Waals surface area contributed by atoms with E-state index in [1.165, 1.54) is 11.3 Å². The Morgan fingerprint density at radius 2 is 1.94 bits per heavy atom. The van der Waals surface area contributed by atoms with Gasteiger partial charge in [-0.2, -0.15) is 0 Å². The van der Waals surface area contributed by atoms with E-state index in [2.05, 4.69) is 6.58 Å². The molecular formula is C12H18N2O2. The van der Waals surface area contributed by atoms with E-state index in [1.54, 1.807) is 18.0 Å². The first-order valence-electron chi connectivity index (χ1n) is 5.84. The van der Waals surface area contributed by atoms with Gasteiger partial charge >= 0.3 is 6.03 Å². The van der Waals surface area contributed by atoms with Crippen molar-refractivity contribution >= 4 is 11.9 Å². The lowest BCUT2D eigenvalue weighted by atomic mass is 9.81. The molecule has 2 aliphatic rings. The predicted molar refractivity (Wildman–Crippen MR) is 60.9 cm³/mol. The van der Waals surface area contributed by atoms with Gasteiger partial charge in [-0.15, -0.1) is 6.58 Å². The van der Waals surface area contributed by atoms with Gasteiger partial charge in [0.05, 0.1) is 0 Å². The standard InChI is InChI=1S/C12H18N2O2/c1-3-9-14-10(15)12(13(2)11(14)16)7-5-4-6-8-12/h3H,1,4-9H2,2H3. The number of nitrogens with zero attached hydrogens (tertiary/aromatic N) is 2. The first-order chi connectivity index (χ1) is 7.63. The molecule has 1 saturated heterocycles. The van der Waals surface area contributed by atoms with Crippen molar-refractivity contribution in [3.05, 3.63) is 12.7 Å². The maximum Gasteiger partial charge on any atom is 0.327 e. The molecular weight excluding hydrogens is 204 g/mol. The number of carbonyl (C=O) groups excluding carboxylic acids is 2. The SMILES string of the molecule is C=CCN1C(=O)N(C)C2(CCCCC2)C1=O. The van der Waals surface area contributed by atoms with Crippen LogP contribution in [0.15, 0.2) is 12.7 Å². The predicted octanol–water partition coefficient (Wildman–Crippen LogP) is 1.77. The maximum absolute atomic E-state index is 12.3. The second-order valence-corrected chi connectivity index (χ2v) is 4.64. The molecule has 4 heteroatoms. The van der Waals surface area contributed by atoms with Crippen molar-refractivity contribution in [2.24, 2.45) is 0 Å².